The monoisotopic (exact) mass is 141 g/mol. The molecular weight excluding hydrogens is 130 g/mol. The van der Waals surface area contributed by atoms with Crippen LogP contribution < -0.4 is 5.32 Å². The average Bonchev–Trinajstić information content (AvgIpc) is 2.62. The molecule has 0 spiro atoms. The van der Waals surface area contributed by atoms with Gasteiger partial charge >= 0.3 is 5.97 Å². The highest BCUT2D eigenvalue weighted by molar-refractivity contribution is 5.77. The fraction of sp³-hybridized carbons (Fsp3) is 0.857. The molecule has 56 valence electrons. The van der Waals surface area contributed by atoms with E-state index in [1.807, 2.05) is 0 Å². The molecule has 0 bridgehead atoms. The first-order valence-electron chi connectivity index (χ1n) is 3.79. The lowest BCUT2D eigenvalue weighted by molar-refractivity contribution is -0.139. The second kappa shape index (κ2) is 2.23. The van der Waals surface area contributed by atoms with Crippen LogP contribution in [-0.2, 0) is 9.53 Å². The molecule has 2 aliphatic rings. The van der Waals surface area contributed by atoms with Gasteiger partial charge in [0.1, 0.15) is 6.04 Å². The Morgan fingerprint density at radius 3 is 2.70 bits per heavy atom. The Balaban J connectivity index is 1.84. The molecule has 3 nitrogen and oxygen atoms in total. The van der Waals surface area contributed by atoms with Crippen LogP contribution in [0.1, 0.15) is 19.3 Å². The normalized spacial score (nSPS) is 32.4. The summed E-state index contributed by atoms with van der Waals surface area (Å²) in [6, 6.07) is 0.614. The van der Waals surface area contributed by atoms with Crippen molar-refractivity contribution >= 4 is 5.97 Å². The number of carbonyl (C=O) groups excluding carboxylic acids is 1. The predicted molar refractivity (Wildman–Crippen MR) is 35.5 cm³/mol. The zero-order chi connectivity index (χ0) is 6.97. The summed E-state index contributed by atoms with van der Waals surface area (Å²) >= 11 is 0. The van der Waals surface area contributed by atoms with Crippen LogP contribution >= 0.6 is 0 Å². The van der Waals surface area contributed by atoms with Gasteiger partial charge < -0.3 is 10.1 Å². The van der Waals surface area contributed by atoms with Crippen LogP contribution in [0.25, 0.3) is 0 Å². The van der Waals surface area contributed by atoms with Crippen molar-refractivity contribution in [3.63, 3.8) is 0 Å². The van der Waals surface area contributed by atoms with Crippen molar-refractivity contribution in [1.29, 1.82) is 0 Å². The molecule has 0 aromatic carbocycles. The van der Waals surface area contributed by atoms with Crippen LogP contribution in [0, 0.1) is 0 Å². The van der Waals surface area contributed by atoms with Crippen molar-refractivity contribution in [2.45, 2.75) is 31.3 Å². The second-order valence-electron chi connectivity index (χ2n) is 2.95. The van der Waals surface area contributed by atoms with Gasteiger partial charge in [-0.2, -0.15) is 0 Å². The summed E-state index contributed by atoms with van der Waals surface area (Å²) in [5.41, 5.74) is 0. The quantitative estimate of drug-likeness (QED) is 0.552. The number of ether oxygens (including phenoxy) is 1. The third-order valence-electron chi connectivity index (χ3n) is 1.95. The Morgan fingerprint density at radius 1 is 1.40 bits per heavy atom. The average molecular weight is 141 g/mol. The summed E-state index contributed by atoms with van der Waals surface area (Å²) in [6.45, 7) is 0.600. The summed E-state index contributed by atoms with van der Waals surface area (Å²) < 4.78 is 4.79. The van der Waals surface area contributed by atoms with E-state index < -0.39 is 0 Å². The minimum absolute atomic E-state index is 0.00694. The number of hydrogen-bond donors (Lipinski definition) is 1. The highest BCUT2D eigenvalue weighted by Gasteiger charge is 2.32. The topological polar surface area (TPSA) is 38.3 Å². The van der Waals surface area contributed by atoms with Crippen molar-refractivity contribution in [3.05, 3.63) is 0 Å². The molecular formula is C7H11NO2. The van der Waals surface area contributed by atoms with Gasteiger partial charge in [-0.15, -0.1) is 0 Å². The van der Waals surface area contributed by atoms with Crippen molar-refractivity contribution in [2.24, 2.45) is 0 Å². The Morgan fingerprint density at radius 2 is 2.20 bits per heavy atom. The van der Waals surface area contributed by atoms with Gasteiger partial charge in [0.15, 0.2) is 0 Å². The van der Waals surface area contributed by atoms with Gasteiger partial charge in [-0.05, 0) is 12.8 Å². The molecule has 1 aliphatic heterocycles. The van der Waals surface area contributed by atoms with Crippen LogP contribution in [0.2, 0.25) is 0 Å². The molecule has 1 N–H and O–H groups in total. The summed E-state index contributed by atoms with van der Waals surface area (Å²) in [5, 5.41) is 3.23. The zero-order valence-electron chi connectivity index (χ0n) is 5.80. The molecule has 0 aromatic heterocycles. The minimum Gasteiger partial charge on any atom is -0.464 e. The van der Waals surface area contributed by atoms with E-state index in [2.05, 4.69) is 5.32 Å². The minimum atomic E-state index is -0.0631. The second-order valence-corrected chi connectivity index (χ2v) is 2.95. The van der Waals surface area contributed by atoms with E-state index in [4.69, 9.17) is 4.74 Å². The number of rotatable bonds is 2. The first kappa shape index (κ1) is 6.16. The molecule has 1 heterocycles. The number of cyclic esters (lactones) is 1. The van der Waals surface area contributed by atoms with Crippen molar-refractivity contribution < 1.29 is 9.53 Å². The third-order valence-corrected chi connectivity index (χ3v) is 1.95. The van der Waals surface area contributed by atoms with E-state index in [9.17, 15) is 4.79 Å². The lowest BCUT2D eigenvalue weighted by Crippen LogP contribution is -2.34. The summed E-state index contributed by atoms with van der Waals surface area (Å²) in [7, 11) is 0. The molecule has 1 aliphatic carbocycles. The van der Waals surface area contributed by atoms with Gasteiger partial charge in [-0.1, -0.05) is 0 Å². The number of esters is 1. The lowest BCUT2D eigenvalue weighted by Gasteiger charge is -2.04. The van der Waals surface area contributed by atoms with E-state index in [-0.39, 0.29) is 12.0 Å². The SMILES string of the molecule is O=C1OCC[C@H]1NC1CC1. The molecule has 2 rings (SSSR count). The zero-order valence-corrected chi connectivity index (χ0v) is 5.80. The molecule has 10 heavy (non-hydrogen) atoms. The molecule has 0 radical (unpaired) electrons. The van der Waals surface area contributed by atoms with E-state index in [0.717, 1.165) is 6.42 Å². The number of nitrogens with one attached hydrogen (secondary N) is 1. The fourth-order valence-corrected chi connectivity index (χ4v) is 1.18. The smallest absolute Gasteiger partial charge is 0.323 e. The molecule has 2 fully saturated rings. The summed E-state index contributed by atoms with van der Waals surface area (Å²) in [6.07, 6.45) is 3.31. The van der Waals surface area contributed by atoms with Crippen LogP contribution in [-0.4, -0.2) is 24.7 Å². The van der Waals surface area contributed by atoms with Gasteiger partial charge in [0.05, 0.1) is 6.61 Å². The largest absolute Gasteiger partial charge is 0.464 e. The standard InChI is InChI=1S/C7H11NO2/c9-7-6(3-4-10-7)8-5-1-2-5/h5-6,8H,1-4H2/t6-/m1/s1. The van der Waals surface area contributed by atoms with E-state index >= 15 is 0 Å². The highest BCUT2D eigenvalue weighted by Crippen LogP contribution is 2.21. The van der Waals surface area contributed by atoms with Crippen molar-refractivity contribution in [3.8, 4) is 0 Å². The van der Waals surface area contributed by atoms with Gasteiger partial charge in [0.25, 0.3) is 0 Å². The third kappa shape index (κ3) is 1.14. The van der Waals surface area contributed by atoms with Gasteiger partial charge in [0.2, 0.25) is 0 Å². The first-order chi connectivity index (χ1) is 4.86. The number of hydrogen-bond acceptors (Lipinski definition) is 3. The Bertz CT molecular complexity index is 154. The first-order valence-corrected chi connectivity index (χ1v) is 3.79. The Hall–Kier alpha value is -0.570. The maximum Gasteiger partial charge on any atom is 0.323 e. The fourth-order valence-electron chi connectivity index (χ4n) is 1.18. The van der Waals surface area contributed by atoms with Gasteiger partial charge in [-0.3, -0.25) is 4.79 Å². The van der Waals surface area contributed by atoms with E-state index in [1.165, 1.54) is 12.8 Å². The van der Waals surface area contributed by atoms with E-state index in [0.29, 0.717) is 12.6 Å². The molecule has 1 saturated heterocycles. The van der Waals surface area contributed by atoms with Crippen LogP contribution in [0.4, 0.5) is 0 Å². The van der Waals surface area contributed by atoms with Crippen molar-refractivity contribution in [2.75, 3.05) is 6.61 Å². The molecule has 0 amide bonds. The van der Waals surface area contributed by atoms with Crippen LogP contribution in [0.3, 0.4) is 0 Å². The predicted octanol–water partition coefficient (Wildman–Crippen LogP) is 0.0539. The van der Waals surface area contributed by atoms with Gasteiger partial charge in [-0.25, -0.2) is 0 Å². The summed E-state index contributed by atoms with van der Waals surface area (Å²) in [5.74, 6) is -0.0631. The number of carbonyl (C=O) groups is 1. The molecule has 0 unspecified atom stereocenters. The van der Waals surface area contributed by atoms with Crippen molar-refractivity contribution in [1.82, 2.24) is 5.32 Å². The molecule has 0 aromatic rings. The Kier molecular flexibility index (Phi) is 1.38. The van der Waals surface area contributed by atoms with Gasteiger partial charge in [0, 0.05) is 12.5 Å². The van der Waals surface area contributed by atoms with Crippen LogP contribution in [0.15, 0.2) is 0 Å². The maximum atomic E-state index is 10.9. The molecule has 1 atom stereocenters. The highest BCUT2D eigenvalue weighted by atomic mass is 16.5. The maximum absolute atomic E-state index is 10.9. The van der Waals surface area contributed by atoms with E-state index in [1.54, 1.807) is 0 Å². The molecule has 1 saturated carbocycles. The van der Waals surface area contributed by atoms with Crippen LogP contribution in [0.5, 0.6) is 0 Å². The Labute approximate surface area is 59.7 Å². The molecule has 3 heteroatoms. The lowest BCUT2D eigenvalue weighted by atomic mass is 10.2. The summed E-state index contributed by atoms with van der Waals surface area (Å²) in [4.78, 5) is 10.9.